The summed E-state index contributed by atoms with van der Waals surface area (Å²) in [7, 11) is -3.81. The number of anilines is 1. The number of rotatable bonds is 0. The molecular weight excluding hydrogens is 548 g/mol. The van der Waals surface area contributed by atoms with Gasteiger partial charge in [0, 0.05) is 29.1 Å². The van der Waals surface area contributed by atoms with Crippen LogP contribution in [0.3, 0.4) is 0 Å². The number of carbonyl (C=O) groups is 1. The van der Waals surface area contributed by atoms with Gasteiger partial charge in [0.05, 0.1) is 24.2 Å². The number of aryl methyl sites for hydroxylation is 1. The van der Waals surface area contributed by atoms with Crippen molar-refractivity contribution in [3.05, 3.63) is 70.3 Å². The van der Waals surface area contributed by atoms with Crippen molar-refractivity contribution < 1.29 is 23.1 Å². The summed E-state index contributed by atoms with van der Waals surface area (Å²) in [5.41, 5.74) is 3.19. The van der Waals surface area contributed by atoms with E-state index < -0.39 is 22.0 Å². The molecule has 2 N–H and O–H groups in total. The number of halogens is 1. The Bertz CT molecular complexity index is 1460. The molecule has 4 atom stereocenters. The second kappa shape index (κ2) is 10.4. The fourth-order valence-corrected chi connectivity index (χ4v) is 8.46. The zero-order chi connectivity index (χ0) is 28.1. The topological polar surface area (TPSA) is 95.9 Å². The Kier molecular flexibility index (Phi) is 7.16. The Morgan fingerprint density at radius 2 is 1.98 bits per heavy atom. The number of hydrogen-bond acceptors (Lipinski definition) is 6. The average molecular weight is 585 g/mol. The summed E-state index contributed by atoms with van der Waals surface area (Å²) < 4.78 is 34.0. The summed E-state index contributed by atoms with van der Waals surface area (Å²) in [6, 6.07) is 11.4. The Morgan fingerprint density at radius 3 is 2.77 bits per heavy atom. The van der Waals surface area contributed by atoms with E-state index in [0.717, 1.165) is 42.8 Å². The van der Waals surface area contributed by atoms with E-state index in [1.807, 2.05) is 12.1 Å². The molecule has 214 valence electrons. The van der Waals surface area contributed by atoms with Gasteiger partial charge in [0.1, 0.15) is 5.75 Å². The van der Waals surface area contributed by atoms with Crippen molar-refractivity contribution in [2.45, 2.75) is 63.4 Å². The van der Waals surface area contributed by atoms with Gasteiger partial charge in [0.15, 0.2) is 0 Å². The Hall–Kier alpha value is -2.55. The second-order valence-electron chi connectivity index (χ2n) is 12.4. The fraction of sp³-hybridized carbons (Fsp3) is 0.516. The third kappa shape index (κ3) is 5.14. The first-order valence-electron chi connectivity index (χ1n) is 14.3. The van der Waals surface area contributed by atoms with Crippen LogP contribution < -0.4 is 14.4 Å². The lowest BCUT2D eigenvalue weighted by Gasteiger charge is -2.52. The van der Waals surface area contributed by atoms with Gasteiger partial charge in [-0.05, 0) is 97.7 Å². The number of nitrogens with zero attached hydrogens (tertiary/aromatic N) is 1. The normalized spacial score (nSPS) is 32.5. The predicted molar refractivity (Wildman–Crippen MR) is 157 cm³/mol. The van der Waals surface area contributed by atoms with Crippen molar-refractivity contribution in [2.24, 2.45) is 11.3 Å². The van der Waals surface area contributed by atoms with Gasteiger partial charge in [-0.2, -0.15) is 0 Å². The van der Waals surface area contributed by atoms with Gasteiger partial charge in [0.25, 0.3) is 5.91 Å². The third-order valence-corrected chi connectivity index (χ3v) is 11.1. The molecule has 1 amide bonds. The number of fused-ring (bicyclic) bond motifs is 4. The molecule has 0 saturated heterocycles. The summed E-state index contributed by atoms with van der Waals surface area (Å²) in [5.74, 6) is -0.0279. The molecular formula is C31H37ClN2O5S. The standard InChI is InChI=1S/C31H37ClN2O5S/c1-30-14-12-25(30)27(35)7-3-2-4-15-40(37,38)33-29(36)22-8-11-28-26(17-22)34(18-30)19-31(20-39-28)13-5-6-21-16-23(32)9-10-24(21)31/h2-3,8-11,16-17,25,27,35H,4-7,12-15,18-20H2,1H3,(H,33,36)/b3-2+/t25-,27-,30?,31-/m0/s1. The van der Waals surface area contributed by atoms with Crippen molar-refractivity contribution in [1.29, 1.82) is 0 Å². The fourth-order valence-electron chi connectivity index (χ4n) is 7.32. The summed E-state index contributed by atoms with van der Waals surface area (Å²) in [6.07, 6.45) is 8.82. The van der Waals surface area contributed by atoms with Crippen molar-refractivity contribution in [2.75, 3.05) is 30.3 Å². The molecule has 2 aromatic rings. The van der Waals surface area contributed by atoms with Crippen LogP contribution in [0.2, 0.25) is 5.02 Å². The maximum absolute atomic E-state index is 13.1. The van der Waals surface area contributed by atoms with Gasteiger partial charge < -0.3 is 14.7 Å². The molecule has 2 aromatic carbocycles. The van der Waals surface area contributed by atoms with Crippen LogP contribution >= 0.6 is 11.6 Å². The van der Waals surface area contributed by atoms with Gasteiger partial charge in [-0.1, -0.05) is 36.7 Å². The van der Waals surface area contributed by atoms with E-state index in [-0.39, 0.29) is 34.5 Å². The van der Waals surface area contributed by atoms with E-state index in [4.69, 9.17) is 16.3 Å². The Balaban J connectivity index is 1.44. The number of nitrogens with one attached hydrogen (secondary N) is 1. The predicted octanol–water partition coefficient (Wildman–Crippen LogP) is 5.00. The molecule has 1 saturated carbocycles. The molecule has 2 aliphatic heterocycles. The van der Waals surface area contributed by atoms with Gasteiger partial charge in [0.2, 0.25) is 10.0 Å². The average Bonchev–Trinajstić information content (AvgIpc) is 3.04. The molecule has 0 radical (unpaired) electrons. The summed E-state index contributed by atoms with van der Waals surface area (Å²) in [5, 5.41) is 11.9. The molecule has 1 fully saturated rings. The maximum Gasteiger partial charge on any atom is 0.264 e. The minimum Gasteiger partial charge on any atom is -0.490 e. The highest BCUT2D eigenvalue weighted by Gasteiger charge is 2.49. The smallest absolute Gasteiger partial charge is 0.264 e. The SMILES string of the molecule is CC12CC[C@H]1[C@@H](O)C/C=C/CCS(=O)(=O)NC(=O)c1ccc3c(c1)N(C2)C[C@@]1(CCCc2cc(Cl)ccc21)CO3. The van der Waals surface area contributed by atoms with Gasteiger partial charge >= 0.3 is 0 Å². The third-order valence-electron chi connectivity index (χ3n) is 9.58. The van der Waals surface area contributed by atoms with Crippen LogP contribution in [0.4, 0.5) is 5.69 Å². The zero-order valence-electron chi connectivity index (χ0n) is 22.9. The Morgan fingerprint density at radius 1 is 1.12 bits per heavy atom. The monoisotopic (exact) mass is 584 g/mol. The number of ether oxygens (including phenoxy) is 1. The molecule has 2 bridgehead atoms. The van der Waals surface area contributed by atoms with Crippen LogP contribution in [-0.2, 0) is 21.9 Å². The van der Waals surface area contributed by atoms with Crippen LogP contribution in [0.1, 0.15) is 66.9 Å². The van der Waals surface area contributed by atoms with Crippen LogP contribution in [0.15, 0.2) is 48.6 Å². The van der Waals surface area contributed by atoms with Crippen molar-refractivity contribution in [3.63, 3.8) is 0 Å². The number of sulfonamides is 1. The molecule has 1 spiro atoms. The summed E-state index contributed by atoms with van der Waals surface area (Å²) in [6.45, 7) is 4.14. The molecule has 2 heterocycles. The molecule has 0 aromatic heterocycles. The number of benzene rings is 2. The quantitative estimate of drug-likeness (QED) is 0.423. The Labute approximate surface area is 241 Å². The van der Waals surface area contributed by atoms with E-state index in [2.05, 4.69) is 28.7 Å². The molecule has 9 heteroatoms. The molecule has 1 unspecified atom stereocenters. The lowest BCUT2D eigenvalue weighted by Crippen LogP contribution is -2.54. The van der Waals surface area contributed by atoms with Crippen molar-refractivity contribution in [1.82, 2.24) is 4.72 Å². The van der Waals surface area contributed by atoms with Gasteiger partial charge in [-0.3, -0.25) is 4.79 Å². The van der Waals surface area contributed by atoms with Crippen molar-refractivity contribution in [3.8, 4) is 5.75 Å². The molecule has 7 nitrogen and oxygen atoms in total. The largest absolute Gasteiger partial charge is 0.490 e. The molecule has 6 rings (SSSR count). The minimum absolute atomic E-state index is 0.119. The first-order valence-corrected chi connectivity index (χ1v) is 16.3. The van der Waals surface area contributed by atoms with E-state index in [0.29, 0.717) is 31.9 Å². The lowest BCUT2D eigenvalue weighted by molar-refractivity contribution is -0.0445. The van der Waals surface area contributed by atoms with E-state index in [1.54, 1.807) is 24.3 Å². The van der Waals surface area contributed by atoms with E-state index >= 15 is 0 Å². The number of aliphatic hydroxyl groups is 1. The number of aliphatic hydroxyl groups excluding tert-OH is 1. The van der Waals surface area contributed by atoms with Crippen molar-refractivity contribution >= 4 is 33.2 Å². The molecule has 4 aliphatic rings. The number of amides is 1. The van der Waals surface area contributed by atoms with Crippen LogP contribution in [0, 0.1) is 11.3 Å². The second-order valence-corrected chi connectivity index (χ2v) is 14.7. The van der Waals surface area contributed by atoms with Gasteiger partial charge in [-0.25, -0.2) is 13.1 Å². The molecule has 40 heavy (non-hydrogen) atoms. The first-order chi connectivity index (χ1) is 19.1. The molecule has 2 aliphatic carbocycles. The lowest BCUT2D eigenvalue weighted by atomic mass is 9.58. The van der Waals surface area contributed by atoms with E-state index in [1.165, 1.54) is 11.1 Å². The number of allylic oxidation sites excluding steroid dienone is 1. The summed E-state index contributed by atoms with van der Waals surface area (Å²) in [4.78, 5) is 15.4. The van der Waals surface area contributed by atoms with Crippen LogP contribution in [-0.4, -0.2) is 51.0 Å². The summed E-state index contributed by atoms with van der Waals surface area (Å²) >= 11 is 6.38. The first kappa shape index (κ1) is 27.6. The highest BCUT2D eigenvalue weighted by atomic mass is 35.5. The number of hydrogen-bond donors (Lipinski definition) is 2. The highest BCUT2D eigenvalue weighted by Crippen LogP contribution is 2.52. The van der Waals surface area contributed by atoms with Gasteiger partial charge in [-0.15, -0.1) is 0 Å². The maximum atomic E-state index is 13.1. The van der Waals surface area contributed by atoms with Crippen LogP contribution in [0.25, 0.3) is 0 Å². The zero-order valence-corrected chi connectivity index (χ0v) is 24.4. The van der Waals surface area contributed by atoms with E-state index in [9.17, 15) is 18.3 Å². The minimum atomic E-state index is -3.81. The number of carbonyl (C=O) groups excluding carboxylic acids is 1. The van der Waals surface area contributed by atoms with Crippen LogP contribution in [0.5, 0.6) is 5.75 Å². The highest BCUT2D eigenvalue weighted by molar-refractivity contribution is 7.90.